The number of fused-ring (bicyclic) bond motifs is 1. The SMILES string of the molecule is CSCc1cccc(C(=O)N[C@H]2CCCc3ccccc32)c1. The molecular formula is C19H21NOS. The standard InChI is InChI=1S/C19H21NOS/c1-22-13-14-6-4-9-16(12-14)19(21)20-18-11-5-8-15-7-2-3-10-17(15)18/h2-4,6-7,9-10,12,18H,5,8,11,13H2,1H3,(H,20,21)/t18-/m0/s1. The minimum Gasteiger partial charge on any atom is -0.345 e. The highest BCUT2D eigenvalue weighted by molar-refractivity contribution is 7.97. The Balaban J connectivity index is 1.76. The van der Waals surface area contributed by atoms with Crippen LogP contribution in [0, 0.1) is 0 Å². The zero-order valence-electron chi connectivity index (χ0n) is 12.8. The van der Waals surface area contributed by atoms with E-state index < -0.39 is 0 Å². The van der Waals surface area contributed by atoms with Gasteiger partial charge in [0.25, 0.3) is 5.91 Å². The van der Waals surface area contributed by atoms with Crippen LogP contribution in [0.25, 0.3) is 0 Å². The van der Waals surface area contributed by atoms with Crippen LogP contribution in [0.5, 0.6) is 0 Å². The molecule has 0 saturated heterocycles. The van der Waals surface area contributed by atoms with Gasteiger partial charge in [0.05, 0.1) is 6.04 Å². The Morgan fingerprint density at radius 2 is 2.09 bits per heavy atom. The summed E-state index contributed by atoms with van der Waals surface area (Å²) in [4.78, 5) is 12.6. The van der Waals surface area contributed by atoms with E-state index in [9.17, 15) is 4.79 Å². The number of rotatable bonds is 4. The molecule has 0 saturated carbocycles. The third-order valence-electron chi connectivity index (χ3n) is 4.17. The Hall–Kier alpha value is -1.74. The summed E-state index contributed by atoms with van der Waals surface area (Å²) >= 11 is 1.77. The van der Waals surface area contributed by atoms with E-state index in [1.807, 2.05) is 18.2 Å². The molecule has 1 aliphatic carbocycles. The van der Waals surface area contributed by atoms with Crippen molar-refractivity contribution >= 4 is 17.7 Å². The molecule has 0 radical (unpaired) electrons. The van der Waals surface area contributed by atoms with E-state index in [0.29, 0.717) is 0 Å². The molecule has 1 amide bonds. The molecular weight excluding hydrogens is 290 g/mol. The number of aryl methyl sites for hydroxylation is 1. The maximum absolute atomic E-state index is 12.6. The Bertz CT molecular complexity index is 668. The highest BCUT2D eigenvalue weighted by atomic mass is 32.2. The van der Waals surface area contributed by atoms with Crippen LogP contribution >= 0.6 is 11.8 Å². The van der Waals surface area contributed by atoms with Gasteiger partial charge in [-0.15, -0.1) is 0 Å². The van der Waals surface area contributed by atoms with Crippen molar-refractivity contribution in [1.29, 1.82) is 0 Å². The highest BCUT2D eigenvalue weighted by Gasteiger charge is 2.21. The smallest absolute Gasteiger partial charge is 0.251 e. The van der Waals surface area contributed by atoms with Gasteiger partial charge in [-0.25, -0.2) is 0 Å². The van der Waals surface area contributed by atoms with Gasteiger partial charge >= 0.3 is 0 Å². The van der Waals surface area contributed by atoms with Gasteiger partial charge in [-0.05, 0) is 54.3 Å². The van der Waals surface area contributed by atoms with Crippen LogP contribution in [-0.2, 0) is 12.2 Å². The monoisotopic (exact) mass is 311 g/mol. The maximum Gasteiger partial charge on any atom is 0.251 e. The van der Waals surface area contributed by atoms with Gasteiger partial charge in [-0.2, -0.15) is 11.8 Å². The van der Waals surface area contributed by atoms with Crippen LogP contribution in [0.4, 0.5) is 0 Å². The minimum absolute atomic E-state index is 0.0321. The van der Waals surface area contributed by atoms with Gasteiger partial charge in [-0.3, -0.25) is 4.79 Å². The van der Waals surface area contributed by atoms with Gasteiger partial charge in [-0.1, -0.05) is 36.4 Å². The number of hydrogen-bond acceptors (Lipinski definition) is 2. The van der Waals surface area contributed by atoms with Crippen molar-refractivity contribution in [3.8, 4) is 0 Å². The Morgan fingerprint density at radius 3 is 2.95 bits per heavy atom. The third kappa shape index (κ3) is 3.36. The minimum atomic E-state index is 0.0321. The van der Waals surface area contributed by atoms with Gasteiger partial charge < -0.3 is 5.32 Å². The molecule has 0 fully saturated rings. The van der Waals surface area contributed by atoms with E-state index in [0.717, 1.165) is 30.6 Å². The Labute approximate surface area is 136 Å². The lowest BCUT2D eigenvalue weighted by atomic mass is 9.87. The van der Waals surface area contributed by atoms with Crippen molar-refractivity contribution in [2.75, 3.05) is 6.26 Å². The van der Waals surface area contributed by atoms with E-state index in [1.54, 1.807) is 11.8 Å². The molecule has 2 aromatic carbocycles. The molecule has 1 atom stereocenters. The molecule has 3 rings (SSSR count). The normalized spacial score (nSPS) is 16.9. The Morgan fingerprint density at radius 1 is 1.23 bits per heavy atom. The zero-order chi connectivity index (χ0) is 15.4. The number of hydrogen-bond donors (Lipinski definition) is 1. The van der Waals surface area contributed by atoms with Crippen molar-refractivity contribution in [2.24, 2.45) is 0 Å². The number of carbonyl (C=O) groups excluding carboxylic acids is 1. The number of thioether (sulfide) groups is 1. The molecule has 2 nitrogen and oxygen atoms in total. The van der Waals surface area contributed by atoms with Crippen molar-refractivity contribution in [1.82, 2.24) is 5.32 Å². The number of benzene rings is 2. The van der Waals surface area contributed by atoms with Crippen LogP contribution in [0.1, 0.15) is 45.9 Å². The van der Waals surface area contributed by atoms with Gasteiger partial charge in [0.15, 0.2) is 0 Å². The maximum atomic E-state index is 12.6. The lowest BCUT2D eigenvalue weighted by Gasteiger charge is -2.26. The van der Waals surface area contributed by atoms with Gasteiger partial charge in [0.1, 0.15) is 0 Å². The molecule has 0 unspecified atom stereocenters. The average Bonchev–Trinajstić information content (AvgIpc) is 2.56. The predicted molar refractivity (Wildman–Crippen MR) is 93.2 cm³/mol. The first kappa shape index (κ1) is 15.2. The molecule has 22 heavy (non-hydrogen) atoms. The van der Waals surface area contributed by atoms with E-state index >= 15 is 0 Å². The fourth-order valence-electron chi connectivity index (χ4n) is 3.11. The second-order valence-corrected chi connectivity index (χ2v) is 6.62. The summed E-state index contributed by atoms with van der Waals surface area (Å²) in [6.07, 6.45) is 5.35. The van der Waals surface area contributed by atoms with Crippen molar-refractivity contribution < 1.29 is 4.79 Å². The molecule has 0 spiro atoms. The first-order valence-corrected chi connectivity index (χ1v) is 9.14. The number of amides is 1. The average molecular weight is 311 g/mol. The summed E-state index contributed by atoms with van der Waals surface area (Å²) in [5.41, 5.74) is 4.61. The quantitative estimate of drug-likeness (QED) is 0.909. The Kier molecular flexibility index (Phi) is 4.84. The second kappa shape index (κ2) is 7.01. The van der Waals surface area contributed by atoms with Gasteiger partial charge in [0, 0.05) is 11.3 Å². The van der Waals surface area contributed by atoms with E-state index in [1.165, 1.54) is 16.7 Å². The zero-order valence-corrected chi connectivity index (χ0v) is 13.7. The molecule has 0 aliphatic heterocycles. The van der Waals surface area contributed by atoms with Gasteiger partial charge in [0.2, 0.25) is 0 Å². The predicted octanol–water partition coefficient (Wildman–Crippen LogP) is 4.36. The van der Waals surface area contributed by atoms with E-state index in [-0.39, 0.29) is 11.9 Å². The van der Waals surface area contributed by atoms with Crippen LogP contribution in [-0.4, -0.2) is 12.2 Å². The summed E-state index contributed by atoms with van der Waals surface area (Å²) in [6.45, 7) is 0. The molecule has 114 valence electrons. The first-order valence-electron chi connectivity index (χ1n) is 7.74. The fourth-order valence-corrected chi connectivity index (χ4v) is 3.63. The molecule has 0 heterocycles. The lowest BCUT2D eigenvalue weighted by Crippen LogP contribution is -2.31. The van der Waals surface area contributed by atoms with Crippen molar-refractivity contribution in [3.63, 3.8) is 0 Å². The summed E-state index contributed by atoms with van der Waals surface area (Å²) in [5.74, 6) is 0.970. The molecule has 3 heteroatoms. The molecule has 1 aliphatic rings. The van der Waals surface area contributed by atoms with E-state index in [4.69, 9.17) is 0 Å². The van der Waals surface area contributed by atoms with Crippen LogP contribution in [0.2, 0.25) is 0 Å². The van der Waals surface area contributed by atoms with E-state index in [2.05, 4.69) is 41.9 Å². The van der Waals surface area contributed by atoms with Crippen molar-refractivity contribution in [3.05, 3.63) is 70.8 Å². The van der Waals surface area contributed by atoms with Crippen molar-refractivity contribution in [2.45, 2.75) is 31.1 Å². The third-order valence-corrected chi connectivity index (χ3v) is 4.80. The molecule has 1 N–H and O–H groups in total. The lowest BCUT2D eigenvalue weighted by molar-refractivity contribution is 0.0932. The topological polar surface area (TPSA) is 29.1 Å². The second-order valence-electron chi connectivity index (χ2n) is 5.75. The van der Waals surface area contributed by atoms with Crippen LogP contribution < -0.4 is 5.32 Å². The largest absolute Gasteiger partial charge is 0.345 e. The summed E-state index contributed by atoms with van der Waals surface area (Å²) in [7, 11) is 0. The molecule has 2 aromatic rings. The number of carbonyl (C=O) groups is 1. The summed E-state index contributed by atoms with van der Waals surface area (Å²) < 4.78 is 0. The van der Waals surface area contributed by atoms with Crippen LogP contribution in [0.15, 0.2) is 48.5 Å². The summed E-state index contributed by atoms with van der Waals surface area (Å²) in [6, 6.07) is 16.5. The molecule has 0 aromatic heterocycles. The van der Waals surface area contributed by atoms with Crippen LogP contribution in [0.3, 0.4) is 0 Å². The first-order chi connectivity index (χ1) is 10.8. The summed E-state index contributed by atoms with van der Waals surface area (Å²) in [5, 5.41) is 3.21. The fraction of sp³-hybridized carbons (Fsp3) is 0.316. The number of nitrogens with one attached hydrogen (secondary N) is 1. The highest BCUT2D eigenvalue weighted by Crippen LogP contribution is 2.29. The molecule has 0 bridgehead atoms.